The summed E-state index contributed by atoms with van der Waals surface area (Å²) in [6.45, 7) is 2.28. The average molecular weight is 328 g/mol. The predicted molar refractivity (Wildman–Crippen MR) is 91.7 cm³/mol. The lowest BCUT2D eigenvalue weighted by Gasteiger charge is -2.06. The molecule has 0 aliphatic rings. The van der Waals surface area contributed by atoms with Gasteiger partial charge in [-0.1, -0.05) is 12.1 Å². The Hall–Kier alpha value is -3.02. The van der Waals surface area contributed by atoms with E-state index in [-0.39, 0.29) is 18.1 Å². The number of hydrogen-bond donors (Lipinski definition) is 2. The zero-order valence-corrected chi connectivity index (χ0v) is 13.7. The van der Waals surface area contributed by atoms with Gasteiger partial charge in [0.15, 0.2) is 11.5 Å². The second kappa shape index (κ2) is 8.57. The van der Waals surface area contributed by atoms with Gasteiger partial charge in [-0.2, -0.15) is 5.10 Å². The Bertz CT molecular complexity index is 711. The summed E-state index contributed by atoms with van der Waals surface area (Å²) in [5, 5.41) is 13.5. The minimum absolute atomic E-state index is 0.0672. The van der Waals surface area contributed by atoms with Crippen LogP contribution in [0.15, 0.2) is 47.6 Å². The molecule has 0 bridgehead atoms. The van der Waals surface area contributed by atoms with E-state index in [1.54, 1.807) is 31.4 Å². The Morgan fingerprint density at radius 3 is 2.67 bits per heavy atom. The molecule has 6 nitrogen and oxygen atoms in total. The van der Waals surface area contributed by atoms with Gasteiger partial charge in [-0.25, -0.2) is 5.43 Å². The van der Waals surface area contributed by atoms with Gasteiger partial charge in [0.2, 0.25) is 5.91 Å². The van der Waals surface area contributed by atoms with Crippen molar-refractivity contribution >= 4 is 12.1 Å². The van der Waals surface area contributed by atoms with Gasteiger partial charge in [-0.15, -0.1) is 0 Å². The maximum Gasteiger partial charge on any atom is 0.244 e. The number of hydrogen-bond acceptors (Lipinski definition) is 5. The summed E-state index contributed by atoms with van der Waals surface area (Å²) < 4.78 is 10.4. The summed E-state index contributed by atoms with van der Waals surface area (Å²) in [4.78, 5) is 11.9. The molecule has 2 aromatic carbocycles. The van der Waals surface area contributed by atoms with Crippen molar-refractivity contribution in [3.63, 3.8) is 0 Å². The number of carbonyl (C=O) groups excluding carboxylic acids is 1. The van der Waals surface area contributed by atoms with E-state index >= 15 is 0 Å². The van der Waals surface area contributed by atoms with Crippen LogP contribution in [0.3, 0.4) is 0 Å². The van der Waals surface area contributed by atoms with Gasteiger partial charge in [0.1, 0.15) is 5.75 Å². The number of nitrogens with zero attached hydrogens (tertiary/aromatic N) is 1. The fourth-order valence-electron chi connectivity index (χ4n) is 2.03. The van der Waals surface area contributed by atoms with Crippen LogP contribution in [0, 0.1) is 0 Å². The van der Waals surface area contributed by atoms with Crippen LogP contribution in [0.1, 0.15) is 18.1 Å². The van der Waals surface area contributed by atoms with Crippen molar-refractivity contribution in [2.75, 3.05) is 13.7 Å². The number of phenolic OH excluding ortho intramolecular Hbond substituents is 1. The van der Waals surface area contributed by atoms with Crippen molar-refractivity contribution in [3.8, 4) is 17.2 Å². The number of aromatic hydroxyl groups is 1. The Morgan fingerprint density at radius 1 is 1.25 bits per heavy atom. The molecule has 2 aromatic rings. The molecule has 126 valence electrons. The van der Waals surface area contributed by atoms with Crippen LogP contribution in [-0.2, 0) is 11.2 Å². The van der Waals surface area contributed by atoms with Crippen molar-refractivity contribution in [3.05, 3.63) is 53.6 Å². The minimum Gasteiger partial charge on any atom is -0.504 e. The molecule has 1 amide bonds. The number of hydrazone groups is 1. The topological polar surface area (TPSA) is 80.2 Å². The smallest absolute Gasteiger partial charge is 0.244 e. The summed E-state index contributed by atoms with van der Waals surface area (Å²) in [6, 6.07) is 12.1. The summed E-state index contributed by atoms with van der Waals surface area (Å²) >= 11 is 0. The molecule has 0 aliphatic carbocycles. The molecule has 0 aromatic heterocycles. The van der Waals surface area contributed by atoms with Crippen LogP contribution < -0.4 is 14.9 Å². The van der Waals surface area contributed by atoms with Crippen LogP contribution in [0.2, 0.25) is 0 Å². The Kier molecular flexibility index (Phi) is 6.19. The number of benzene rings is 2. The first-order valence-corrected chi connectivity index (χ1v) is 7.53. The van der Waals surface area contributed by atoms with Crippen molar-refractivity contribution in [2.45, 2.75) is 13.3 Å². The molecular formula is C18H20N2O4. The van der Waals surface area contributed by atoms with Crippen LogP contribution in [-0.4, -0.2) is 30.9 Å². The first kappa shape index (κ1) is 17.3. The lowest BCUT2D eigenvalue weighted by Crippen LogP contribution is -2.19. The van der Waals surface area contributed by atoms with E-state index in [0.717, 1.165) is 11.3 Å². The van der Waals surface area contributed by atoms with E-state index in [2.05, 4.69) is 10.5 Å². The highest BCUT2D eigenvalue weighted by atomic mass is 16.5. The molecule has 24 heavy (non-hydrogen) atoms. The van der Waals surface area contributed by atoms with E-state index in [0.29, 0.717) is 17.9 Å². The molecule has 2 N–H and O–H groups in total. The molecule has 2 rings (SSSR count). The number of methoxy groups -OCH3 is 1. The predicted octanol–water partition coefficient (Wildman–Crippen LogP) is 2.49. The molecule has 0 saturated carbocycles. The van der Waals surface area contributed by atoms with Gasteiger partial charge in [0, 0.05) is 0 Å². The Labute approximate surface area is 140 Å². The first-order valence-electron chi connectivity index (χ1n) is 7.53. The number of rotatable bonds is 7. The summed E-state index contributed by atoms with van der Waals surface area (Å²) in [7, 11) is 1.59. The third-order valence-corrected chi connectivity index (χ3v) is 3.21. The molecule has 0 aliphatic heterocycles. The average Bonchev–Trinajstić information content (AvgIpc) is 2.58. The molecule has 6 heteroatoms. The summed E-state index contributed by atoms with van der Waals surface area (Å²) in [5.74, 6) is 0.971. The van der Waals surface area contributed by atoms with Gasteiger partial charge >= 0.3 is 0 Å². The van der Waals surface area contributed by atoms with E-state index in [9.17, 15) is 9.90 Å². The third kappa shape index (κ3) is 5.01. The molecule has 0 heterocycles. The highest BCUT2D eigenvalue weighted by Crippen LogP contribution is 2.26. The van der Waals surface area contributed by atoms with Crippen molar-refractivity contribution in [1.29, 1.82) is 0 Å². The number of phenols is 1. The van der Waals surface area contributed by atoms with Gasteiger partial charge in [0.25, 0.3) is 0 Å². The minimum atomic E-state index is -0.222. The number of carbonyl (C=O) groups is 1. The maximum atomic E-state index is 11.9. The second-order valence-electron chi connectivity index (χ2n) is 4.98. The van der Waals surface area contributed by atoms with Crippen LogP contribution in [0.5, 0.6) is 17.2 Å². The molecular weight excluding hydrogens is 308 g/mol. The Morgan fingerprint density at radius 2 is 2.00 bits per heavy atom. The van der Waals surface area contributed by atoms with Crippen LogP contribution >= 0.6 is 0 Å². The highest BCUT2D eigenvalue weighted by Gasteiger charge is 2.04. The largest absolute Gasteiger partial charge is 0.504 e. The second-order valence-corrected chi connectivity index (χ2v) is 4.98. The quantitative estimate of drug-likeness (QED) is 0.604. The van der Waals surface area contributed by atoms with E-state index < -0.39 is 0 Å². The van der Waals surface area contributed by atoms with Gasteiger partial charge in [-0.05, 0) is 48.4 Å². The van der Waals surface area contributed by atoms with Gasteiger partial charge in [0.05, 0.1) is 26.4 Å². The molecule has 0 unspecified atom stereocenters. The maximum absolute atomic E-state index is 11.9. The standard InChI is InChI=1S/C18H20N2O4/c1-3-24-17-10-14(6-9-16(17)21)12-19-20-18(22)11-13-4-7-15(23-2)8-5-13/h4-10,12,21H,3,11H2,1-2H3,(H,20,22)/b19-12-. The molecule has 0 fully saturated rings. The van der Waals surface area contributed by atoms with E-state index in [1.807, 2.05) is 19.1 Å². The lowest BCUT2D eigenvalue weighted by atomic mass is 10.1. The fraction of sp³-hybridized carbons (Fsp3) is 0.222. The highest BCUT2D eigenvalue weighted by molar-refractivity contribution is 5.84. The third-order valence-electron chi connectivity index (χ3n) is 3.21. The molecule has 0 saturated heterocycles. The first-order chi connectivity index (χ1) is 11.6. The number of nitrogens with one attached hydrogen (secondary N) is 1. The number of amides is 1. The summed E-state index contributed by atoms with van der Waals surface area (Å²) in [6.07, 6.45) is 1.72. The zero-order chi connectivity index (χ0) is 17.4. The van der Waals surface area contributed by atoms with Crippen molar-refractivity contribution in [1.82, 2.24) is 5.43 Å². The van der Waals surface area contributed by atoms with Crippen molar-refractivity contribution in [2.24, 2.45) is 5.10 Å². The molecule has 0 atom stereocenters. The molecule has 0 radical (unpaired) electrons. The lowest BCUT2D eigenvalue weighted by molar-refractivity contribution is -0.120. The Balaban J connectivity index is 1.90. The number of ether oxygens (including phenoxy) is 2. The fourth-order valence-corrected chi connectivity index (χ4v) is 2.03. The zero-order valence-electron chi connectivity index (χ0n) is 13.7. The van der Waals surface area contributed by atoms with Crippen molar-refractivity contribution < 1.29 is 19.4 Å². The van der Waals surface area contributed by atoms with Gasteiger partial charge in [-0.3, -0.25) is 4.79 Å². The molecule has 0 spiro atoms. The van der Waals surface area contributed by atoms with E-state index in [1.165, 1.54) is 12.3 Å². The van der Waals surface area contributed by atoms with Crippen LogP contribution in [0.25, 0.3) is 0 Å². The monoisotopic (exact) mass is 328 g/mol. The van der Waals surface area contributed by atoms with E-state index in [4.69, 9.17) is 9.47 Å². The summed E-state index contributed by atoms with van der Waals surface area (Å²) in [5.41, 5.74) is 4.05. The van der Waals surface area contributed by atoms with Gasteiger partial charge < -0.3 is 14.6 Å². The SMILES string of the molecule is CCOc1cc(/C=N\NC(=O)Cc2ccc(OC)cc2)ccc1O. The van der Waals surface area contributed by atoms with Crippen LogP contribution in [0.4, 0.5) is 0 Å². The normalized spacial score (nSPS) is 10.6.